The van der Waals surface area contributed by atoms with Crippen molar-refractivity contribution in [2.45, 2.75) is 0 Å². The molecule has 0 saturated carbocycles. The predicted octanol–water partition coefficient (Wildman–Crippen LogP) is 1.20. The van der Waals surface area contributed by atoms with Gasteiger partial charge in [-0.25, -0.2) is 4.79 Å². The van der Waals surface area contributed by atoms with Crippen molar-refractivity contribution >= 4 is 22.4 Å². The number of rotatable bonds is 2. The van der Waals surface area contributed by atoms with Gasteiger partial charge in [0.25, 0.3) is 0 Å². The molecule has 3 aromatic rings. The number of hydrogen-bond donors (Lipinski definition) is 2. The molecule has 1 heterocycles. The molecule has 0 bridgehead atoms. The first-order chi connectivity index (χ1) is 9.65. The van der Waals surface area contributed by atoms with Crippen molar-refractivity contribution in [3.63, 3.8) is 0 Å². The first-order valence-corrected chi connectivity index (χ1v) is 6.03. The van der Waals surface area contributed by atoms with Gasteiger partial charge in [0.2, 0.25) is 0 Å². The monoisotopic (exact) mass is 270 g/mol. The van der Waals surface area contributed by atoms with Crippen LogP contribution in [-0.2, 0) is 7.05 Å². The highest BCUT2D eigenvalue weighted by molar-refractivity contribution is 6.02. The Balaban J connectivity index is 1.93. The number of carbonyl (C=O) groups excluding carboxylic acids is 1. The van der Waals surface area contributed by atoms with E-state index in [0.717, 1.165) is 10.8 Å². The van der Waals surface area contributed by atoms with Crippen molar-refractivity contribution < 1.29 is 14.0 Å². The Hall–Kier alpha value is -2.89. The number of nitrogens with one attached hydrogen (secondary N) is 2. The molecule has 20 heavy (non-hydrogen) atoms. The zero-order valence-corrected chi connectivity index (χ0v) is 10.7. The van der Waals surface area contributed by atoms with Gasteiger partial charge in [-0.2, -0.15) is 0 Å². The maximum atomic E-state index is 12.0. The Bertz CT molecular complexity index is 848. The molecule has 0 spiro atoms. The van der Waals surface area contributed by atoms with Crippen LogP contribution in [-0.4, -0.2) is 11.2 Å². The van der Waals surface area contributed by atoms with E-state index in [1.165, 1.54) is 11.7 Å². The molecular formula is C14H12N3O3+. The van der Waals surface area contributed by atoms with E-state index in [9.17, 15) is 9.59 Å². The highest BCUT2D eigenvalue weighted by atomic mass is 16.5. The zero-order chi connectivity index (χ0) is 14.1. The molecule has 6 nitrogen and oxygen atoms in total. The summed E-state index contributed by atoms with van der Waals surface area (Å²) in [6.07, 6.45) is 0. The molecule has 100 valence electrons. The van der Waals surface area contributed by atoms with Crippen LogP contribution in [0.1, 0.15) is 10.5 Å². The number of benzene rings is 2. The largest absolute Gasteiger partial charge is 0.440 e. The highest BCUT2D eigenvalue weighted by Crippen LogP contribution is 2.18. The van der Waals surface area contributed by atoms with Crippen LogP contribution in [0.15, 0.2) is 51.8 Å². The minimum Gasteiger partial charge on any atom is -0.316 e. The van der Waals surface area contributed by atoms with E-state index in [2.05, 4.69) is 15.1 Å². The molecule has 0 fully saturated rings. The zero-order valence-electron chi connectivity index (χ0n) is 10.7. The molecule has 0 aliphatic heterocycles. The Morgan fingerprint density at radius 1 is 1.20 bits per heavy atom. The molecule has 0 radical (unpaired) electrons. The van der Waals surface area contributed by atoms with Crippen LogP contribution in [0.5, 0.6) is 0 Å². The number of H-pyrrole nitrogens is 1. The maximum absolute atomic E-state index is 12.0. The van der Waals surface area contributed by atoms with Gasteiger partial charge >= 0.3 is 17.2 Å². The van der Waals surface area contributed by atoms with Crippen LogP contribution in [0.4, 0.5) is 5.69 Å². The van der Waals surface area contributed by atoms with Crippen molar-refractivity contribution in [1.82, 2.24) is 5.27 Å². The third kappa shape index (κ3) is 2.07. The minimum absolute atomic E-state index is 0.0850. The lowest BCUT2D eigenvalue weighted by Crippen LogP contribution is -2.41. The third-order valence-corrected chi connectivity index (χ3v) is 3.03. The molecule has 0 unspecified atom stereocenters. The van der Waals surface area contributed by atoms with Gasteiger partial charge in [0, 0.05) is 5.69 Å². The quantitative estimate of drug-likeness (QED) is 0.687. The fraction of sp³-hybridized carbons (Fsp3) is 0.0714. The molecule has 0 saturated heterocycles. The molecule has 1 aromatic heterocycles. The van der Waals surface area contributed by atoms with Crippen molar-refractivity contribution in [1.29, 1.82) is 0 Å². The summed E-state index contributed by atoms with van der Waals surface area (Å²) in [5, 5.41) is 7.07. The van der Waals surface area contributed by atoms with E-state index < -0.39 is 11.5 Å². The van der Waals surface area contributed by atoms with Gasteiger partial charge in [0.05, 0.1) is 0 Å². The summed E-state index contributed by atoms with van der Waals surface area (Å²) in [6.45, 7) is 0. The van der Waals surface area contributed by atoms with E-state index in [0.29, 0.717) is 5.69 Å². The van der Waals surface area contributed by atoms with Crippen molar-refractivity contribution in [2.24, 2.45) is 7.05 Å². The van der Waals surface area contributed by atoms with Gasteiger partial charge < -0.3 is 5.32 Å². The fourth-order valence-corrected chi connectivity index (χ4v) is 2.04. The van der Waals surface area contributed by atoms with E-state index in [4.69, 9.17) is 0 Å². The van der Waals surface area contributed by atoms with Crippen molar-refractivity contribution in [2.75, 3.05) is 5.32 Å². The molecule has 1 amide bonds. The molecule has 0 atom stereocenters. The number of fused-ring (bicyclic) bond motifs is 1. The second-order valence-electron chi connectivity index (χ2n) is 4.40. The Morgan fingerprint density at radius 2 is 1.95 bits per heavy atom. The first kappa shape index (κ1) is 12.2. The second kappa shape index (κ2) is 4.65. The Kier molecular flexibility index (Phi) is 2.83. The van der Waals surface area contributed by atoms with Crippen LogP contribution in [0.2, 0.25) is 0 Å². The van der Waals surface area contributed by atoms with Gasteiger partial charge in [-0.05, 0) is 28.2 Å². The summed E-state index contributed by atoms with van der Waals surface area (Å²) in [7, 11) is 1.53. The lowest BCUT2D eigenvalue weighted by molar-refractivity contribution is -0.741. The first-order valence-electron chi connectivity index (χ1n) is 6.03. The Labute approximate surface area is 113 Å². The number of amides is 1. The van der Waals surface area contributed by atoms with Gasteiger partial charge in [-0.3, -0.25) is 9.32 Å². The smallest absolute Gasteiger partial charge is 0.316 e. The van der Waals surface area contributed by atoms with Crippen LogP contribution in [0.3, 0.4) is 0 Å². The number of anilines is 1. The third-order valence-electron chi connectivity index (χ3n) is 3.03. The highest BCUT2D eigenvalue weighted by Gasteiger charge is 2.26. The fourth-order valence-electron chi connectivity index (χ4n) is 2.04. The van der Waals surface area contributed by atoms with Crippen LogP contribution < -0.4 is 15.6 Å². The Morgan fingerprint density at radius 3 is 2.65 bits per heavy atom. The molecule has 3 rings (SSSR count). The minimum atomic E-state index is -0.703. The molecule has 2 N–H and O–H groups in total. The summed E-state index contributed by atoms with van der Waals surface area (Å²) >= 11 is 0. The number of aromatic amines is 1. The van der Waals surface area contributed by atoms with E-state index in [1.807, 2.05) is 36.4 Å². The van der Waals surface area contributed by atoms with Crippen molar-refractivity contribution in [3.8, 4) is 0 Å². The average Bonchev–Trinajstić information content (AvgIpc) is 2.78. The van der Waals surface area contributed by atoms with Crippen LogP contribution in [0.25, 0.3) is 10.8 Å². The van der Waals surface area contributed by atoms with E-state index >= 15 is 0 Å². The number of aromatic nitrogens is 2. The molecule has 0 aliphatic rings. The summed E-state index contributed by atoms with van der Waals surface area (Å²) in [5.41, 5.74) is -0.168. The van der Waals surface area contributed by atoms with Gasteiger partial charge in [-0.1, -0.05) is 35.0 Å². The summed E-state index contributed by atoms with van der Waals surface area (Å²) in [6, 6.07) is 13.4. The number of hydrogen-bond acceptors (Lipinski definition) is 3. The SMILES string of the molecule is C[n+]1[nH]oc(=O)c1C(=O)Nc1ccc2ccccc2c1. The maximum Gasteiger partial charge on any atom is 0.440 e. The lowest BCUT2D eigenvalue weighted by Gasteiger charge is -2.03. The molecule has 0 aliphatic carbocycles. The van der Waals surface area contributed by atoms with E-state index in [1.54, 1.807) is 6.07 Å². The number of nitrogens with zero attached hydrogens (tertiary/aromatic N) is 1. The number of carbonyl (C=O) groups is 1. The summed E-state index contributed by atoms with van der Waals surface area (Å²) in [4.78, 5) is 23.4. The molecule has 6 heteroatoms. The summed E-state index contributed by atoms with van der Waals surface area (Å²) in [5.74, 6) is -0.516. The van der Waals surface area contributed by atoms with Gasteiger partial charge in [0.15, 0.2) is 7.05 Å². The molecular weight excluding hydrogens is 258 g/mol. The van der Waals surface area contributed by atoms with Crippen LogP contribution >= 0.6 is 0 Å². The standard InChI is InChI=1S/C14H11N3O3/c1-17-12(14(19)20-16-17)13(18)15-11-7-6-9-4-2-3-5-10(9)8-11/h2-8H,1H3,(H-,15,16,18,19)/p+1. The van der Waals surface area contributed by atoms with Crippen LogP contribution in [0, 0.1) is 0 Å². The van der Waals surface area contributed by atoms with E-state index in [-0.39, 0.29) is 5.69 Å². The molecule has 2 aromatic carbocycles. The van der Waals surface area contributed by atoms with Gasteiger partial charge in [0.1, 0.15) is 0 Å². The average molecular weight is 270 g/mol. The second-order valence-corrected chi connectivity index (χ2v) is 4.40. The topological polar surface area (TPSA) is 79.0 Å². The van der Waals surface area contributed by atoms with Gasteiger partial charge in [-0.15, -0.1) is 0 Å². The predicted molar refractivity (Wildman–Crippen MR) is 72.4 cm³/mol. The van der Waals surface area contributed by atoms with Crippen molar-refractivity contribution in [3.05, 3.63) is 58.6 Å². The summed E-state index contributed by atoms with van der Waals surface area (Å²) < 4.78 is 5.78. The lowest BCUT2D eigenvalue weighted by atomic mass is 10.1. The normalized spacial score (nSPS) is 10.7. The number of aryl methyl sites for hydroxylation is 1.